The fourth-order valence-corrected chi connectivity index (χ4v) is 2.87. The molecule has 4 nitrogen and oxygen atoms in total. The van der Waals surface area contributed by atoms with Crippen molar-refractivity contribution >= 4 is 19.9 Å². The lowest BCUT2D eigenvalue weighted by Crippen LogP contribution is -2.40. The molecule has 2 rings (SSSR count). The van der Waals surface area contributed by atoms with E-state index in [0.717, 1.165) is 24.2 Å². The largest absolute Gasteiger partial charge is 0.417 e. The van der Waals surface area contributed by atoms with Crippen molar-refractivity contribution in [2.75, 3.05) is 6.61 Å². The lowest BCUT2D eigenvalue weighted by molar-refractivity contribution is 0.294. The van der Waals surface area contributed by atoms with Gasteiger partial charge in [-0.25, -0.2) is 9.50 Å². The average Bonchev–Trinajstić information content (AvgIpc) is 2.80. The van der Waals surface area contributed by atoms with Crippen molar-refractivity contribution in [2.45, 2.75) is 45.3 Å². The minimum atomic E-state index is -1.62. The normalized spacial score (nSPS) is 13.4. The number of aromatic nitrogens is 3. The molecule has 0 bridgehead atoms. The van der Waals surface area contributed by atoms with Crippen molar-refractivity contribution in [1.29, 1.82) is 0 Å². The van der Waals surface area contributed by atoms with Crippen molar-refractivity contribution in [3.63, 3.8) is 0 Å². The van der Waals surface area contributed by atoms with Crippen molar-refractivity contribution in [2.24, 2.45) is 0 Å². The first-order valence-electron chi connectivity index (χ1n) is 7.39. The molecule has 0 aliphatic heterocycles. The first kappa shape index (κ1) is 15.9. The monoisotopic (exact) mass is 303 g/mol. The molecule has 2 aromatic heterocycles. The molecule has 0 amide bonds. The van der Waals surface area contributed by atoms with Crippen molar-refractivity contribution in [3.8, 4) is 0 Å². The van der Waals surface area contributed by atoms with Crippen LogP contribution in [0.1, 0.15) is 32.9 Å². The number of nitrogens with zero attached hydrogens (tertiary/aromatic N) is 3. The van der Waals surface area contributed by atoms with Crippen LogP contribution in [0.2, 0.25) is 18.1 Å². The molecular weight excluding hydrogens is 278 g/mol. The van der Waals surface area contributed by atoms with Gasteiger partial charge >= 0.3 is 0 Å². The van der Waals surface area contributed by atoms with E-state index in [1.165, 1.54) is 0 Å². The predicted molar refractivity (Wildman–Crippen MR) is 89.8 cm³/mol. The second kappa shape index (κ2) is 6.11. The van der Waals surface area contributed by atoms with Crippen LogP contribution in [0.15, 0.2) is 30.7 Å². The van der Waals surface area contributed by atoms with E-state index in [-0.39, 0.29) is 5.04 Å². The summed E-state index contributed by atoms with van der Waals surface area (Å²) in [7, 11) is -1.62. The van der Waals surface area contributed by atoms with E-state index in [0.29, 0.717) is 0 Å². The van der Waals surface area contributed by atoms with Gasteiger partial charge in [-0.05, 0) is 42.8 Å². The number of hydrogen-bond donors (Lipinski definition) is 0. The van der Waals surface area contributed by atoms with Crippen LogP contribution in [0.4, 0.5) is 0 Å². The van der Waals surface area contributed by atoms with Crippen LogP contribution in [0.5, 0.6) is 0 Å². The fourth-order valence-electron chi connectivity index (χ4n) is 1.81. The van der Waals surface area contributed by atoms with Crippen LogP contribution in [-0.2, 0) is 4.43 Å². The topological polar surface area (TPSA) is 39.4 Å². The van der Waals surface area contributed by atoms with Gasteiger partial charge in [0.2, 0.25) is 0 Å². The fraction of sp³-hybridized carbons (Fsp3) is 0.500. The Morgan fingerprint density at radius 2 is 2.05 bits per heavy atom. The van der Waals surface area contributed by atoms with E-state index in [4.69, 9.17) is 4.43 Å². The van der Waals surface area contributed by atoms with Gasteiger partial charge in [-0.15, -0.1) is 0 Å². The maximum absolute atomic E-state index is 6.16. The summed E-state index contributed by atoms with van der Waals surface area (Å²) < 4.78 is 8.04. The van der Waals surface area contributed by atoms with Crippen LogP contribution in [0, 0.1) is 0 Å². The summed E-state index contributed by atoms with van der Waals surface area (Å²) >= 11 is 0. The molecule has 0 aromatic carbocycles. The Kier molecular flexibility index (Phi) is 4.63. The summed E-state index contributed by atoms with van der Waals surface area (Å²) in [4.78, 5) is 4.01. The summed E-state index contributed by atoms with van der Waals surface area (Å²) in [6.45, 7) is 12.2. The Morgan fingerprint density at radius 1 is 1.29 bits per heavy atom. The zero-order chi connectivity index (χ0) is 15.5. The highest BCUT2D eigenvalue weighted by molar-refractivity contribution is 6.74. The molecule has 0 saturated heterocycles. The van der Waals surface area contributed by atoms with Gasteiger partial charge in [-0.3, -0.25) is 0 Å². The zero-order valence-electron chi connectivity index (χ0n) is 13.6. The third-order valence-corrected chi connectivity index (χ3v) is 8.73. The summed E-state index contributed by atoms with van der Waals surface area (Å²) in [6.07, 6.45) is 8.53. The lowest BCUT2D eigenvalue weighted by Gasteiger charge is -2.36. The molecule has 21 heavy (non-hydrogen) atoms. The van der Waals surface area contributed by atoms with Crippen molar-refractivity contribution in [1.82, 2.24) is 14.6 Å². The third-order valence-electron chi connectivity index (χ3n) is 4.20. The Morgan fingerprint density at radius 3 is 2.76 bits per heavy atom. The van der Waals surface area contributed by atoms with E-state index in [1.54, 1.807) is 6.33 Å². The van der Waals surface area contributed by atoms with Gasteiger partial charge in [0.05, 0.1) is 17.4 Å². The Bertz CT molecular complexity index is 626. The van der Waals surface area contributed by atoms with Crippen LogP contribution in [0.3, 0.4) is 0 Å². The average molecular weight is 303 g/mol. The number of hydrogen-bond acceptors (Lipinski definition) is 3. The van der Waals surface area contributed by atoms with Crippen LogP contribution in [0.25, 0.3) is 11.6 Å². The summed E-state index contributed by atoms with van der Waals surface area (Å²) in [5.41, 5.74) is 2.08. The molecular formula is C16H25N3OSi. The van der Waals surface area contributed by atoms with Gasteiger partial charge in [-0.1, -0.05) is 26.8 Å². The highest BCUT2D eigenvalue weighted by atomic mass is 28.4. The van der Waals surface area contributed by atoms with Crippen LogP contribution >= 0.6 is 0 Å². The Hall–Kier alpha value is -1.46. The predicted octanol–water partition coefficient (Wildman–Crippen LogP) is 4.15. The lowest BCUT2D eigenvalue weighted by atomic mass is 10.2. The van der Waals surface area contributed by atoms with Gasteiger partial charge in [0, 0.05) is 6.61 Å². The minimum absolute atomic E-state index is 0.269. The van der Waals surface area contributed by atoms with Gasteiger partial charge in [0.15, 0.2) is 8.32 Å². The van der Waals surface area contributed by atoms with Crippen molar-refractivity contribution < 1.29 is 4.43 Å². The van der Waals surface area contributed by atoms with E-state index in [1.807, 2.05) is 16.8 Å². The van der Waals surface area contributed by atoms with E-state index < -0.39 is 8.32 Å². The van der Waals surface area contributed by atoms with E-state index in [2.05, 4.69) is 62.2 Å². The van der Waals surface area contributed by atoms with E-state index >= 15 is 0 Å². The molecule has 0 fully saturated rings. The first-order chi connectivity index (χ1) is 9.81. The highest BCUT2D eigenvalue weighted by Gasteiger charge is 2.36. The molecule has 0 saturated carbocycles. The second-order valence-corrected chi connectivity index (χ2v) is 11.6. The van der Waals surface area contributed by atoms with Gasteiger partial charge in [0.25, 0.3) is 0 Å². The minimum Gasteiger partial charge on any atom is -0.417 e. The van der Waals surface area contributed by atoms with Gasteiger partial charge in [0.1, 0.15) is 6.33 Å². The van der Waals surface area contributed by atoms with E-state index in [9.17, 15) is 0 Å². The Labute approximate surface area is 128 Å². The molecule has 114 valence electrons. The second-order valence-electron chi connectivity index (χ2n) is 6.80. The summed E-state index contributed by atoms with van der Waals surface area (Å²) in [5, 5.41) is 4.51. The molecule has 0 aliphatic rings. The summed E-state index contributed by atoms with van der Waals surface area (Å²) in [5.74, 6) is 0. The number of rotatable bonds is 5. The highest BCUT2D eigenvalue weighted by Crippen LogP contribution is 2.36. The molecule has 0 spiro atoms. The molecule has 5 heteroatoms. The standard InChI is InChI=1S/C16H25N3OSi/c1-16(2,3)21(4,5)20-11-7-6-8-14-9-10-15-12-17-13-18-19(14)15/h6,8-10,12-13H,7,11H2,1-5H3/b8-6+. The number of fused-ring (bicyclic) bond motifs is 1. The molecule has 0 radical (unpaired) electrons. The quantitative estimate of drug-likeness (QED) is 0.615. The van der Waals surface area contributed by atoms with Gasteiger partial charge in [-0.2, -0.15) is 5.10 Å². The maximum atomic E-state index is 6.16. The van der Waals surface area contributed by atoms with Crippen LogP contribution < -0.4 is 0 Å². The molecule has 2 heterocycles. The maximum Gasteiger partial charge on any atom is 0.191 e. The Balaban J connectivity index is 1.89. The first-order valence-corrected chi connectivity index (χ1v) is 10.3. The molecule has 0 unspecified atom stereocenters. The van der Waals surface area contributed by atoms with Crippen LogP contribution in [-0.4, -0.2) is 29.5 Å². The molecule has 2 aromatic rings. The SMILES string of the molecule is CC(C)(C)[Si](C)(C)OCC/C=C/c1ccc2cncnn12. The summed E-state index contributed by atoms with van der Waals surface area (Å²) in [6, 6.07) is 4.07. The molecule has 0 atom stereocenters. The van der Waals surface area contributed by atoms with Crippen molar-refractivity contribution in [3.05, 3.63) is 36.4 Å². The zero-order valence-corrected chi connectivity index (χ0v) is 14.6. The van der Waals surface area contributed by atoms with Gasteiger partial charge < -0.3 is 4.43 Å². The third kappa shape index (κ3) is 3.80. The smallest absolute Gasteiger partial charge is 0.191 e. The molecule has 0 N–H and O–H groups in total. The molecule has 0 aliphatic carbocycles.